The van der Waals surface area contributed by atoms with Gasteiger partial charge in [-0.25, -0.2) is 0 Å². The van der Waals surface area contributed by atoms with Crippen molar-refractivity contribution in [3.05, 3.63) is 28.2 Å². The molecule has 0 spiro atoms. The lowest BCUT2D eigenvalue weighted by Gasteiger charge is -2.11. The van der Waals surface area contributed by atoms with Crippen molar-refractivity contribution in [2.75, 3.05) is 25.2 Å². The summed E-state index contributed by atoms with van der Waals surface area (Å²) in [6.07, 6.45) is 6.87. The predicted molar refractivity (Wildman–Crippen MR) is 79.1 cm³/mol. The second-order valence-corrected chi connectivity index (χ2v) is 6.17. The van der Waals surface area contributed by atoms with Gasteiger partial charge in [-0.15, -0.1) is 6.42 Å². The van der Waals surface area contributed by atoms with Crippen molar-refractivity contribution in [1.82, 2.24) is 5.32 Å². The molecule has 0 heterocycles. The van der Waals surface area contributed by atoms with Gasteiger partial charge in [0.15, 0.2) is 0 Å². The molecule has 1 rings (SSSR count). The minimum absolute atomic E-state index is 0.258. The van der Waals surface area contributed by atoms with Crippen LogP contribution in [-0.2, 0) is 17.3 Å². The van der Waals surface area contributed by atoms with E-state index in [9.17, 15) is 4.21 Å². The molecular formula is C13H16BrNO2S. The van der Waals surface area contributed by atoms with E-state index in [0.29, 0.717) is 18.8 Å². The minimum Gasteiger partial charge on any atom is -0.481 e. The molecular weight excluding hydrogens is 314 g/mol. The standard InChI is InChI=1S/C13H16BrNO2S/c1-3-7-17-13-5-4-12(14)9-11(13)10-15-6-8-18(2)16/h1,4-5,9,15H,6-8,10H2,2H3. The summed E-state index contributed by atoms with van der Waals surface area (Å²) in [6.45, 7) is 1.63. The van der Waals surface area contributed by atoms with Crippen LogP contribution in [0.2, 0.25) is 0 Å². The van der Waals surface area contributed by atoms with Gasteiger partial charge in [-0.1, -0.05) is 21.9 Å². The summed E-state index contributed by atoms with van der Waals surface area (Å²) in [5, 5.41) is 3.23. The van der Waals surface area contributed by atoms with Gasteiger partial charge in [-0.3, -0.25) is 4.21 Å². The minimum atomic E-state index is -0.768. The van der Waals surface area contributed by atoms with E-state index in [-0.39, 0.29) is 6.61 Å². The Morgan fingerprint density at radius 3 is 3.00 bits per heavy atom. The molecule has 0 radical (unpaired) electrons. The maximum atomic E-state index is 10.9. The first-order valence-corrected chi connectivity index (χ1v) is 8.01. The van der Waals surface area contributed by atoms with E-state index in [4.69, 9.17) is 11.2 Å². The highest BCUT2D eigenvalue weighted by Gasteiger charge is 2.04. The van der Waals surface area contributed by atoms with E-state index in [1.165, 1.54) is 0 Å². The molecule has 1 atom stereocenters. The number of terminal acetylenes is 1. The van der Waals surface area contributed by atoms with Gasteiger partial charge in [0.25, 0.3) is 0 Å². The van der Waals surface area contributed by atoms with Crippen molar-refractivity contribution in [3.63, 3.8) is 0 Å². The Kier molecular flexibility index (Phi) is 7.02. The van der Waals surface area contributed by atoms with Crippen LogP contribution in [0.15, 0.2) is 22.7 Å². The molecule has 0 bridgehead atoms. The van der Waals surface area contributed by atoms with Crippen LogP contribution in [0.3, 0.4) is 0 Å². The van der Waals surface area contributed by atoms with Gasteiger partial charge in [0.1, 0.15) is 12.4 Å². The van der Waals surface area contributed by atoms with Crippen LogP contribution >= 0.6 is 15.9 Å². The Labute approximate surface area is 119 Å². The third-order valence-corrected chi connectivity index (χ3v) is 3.49. The smallest absolute Gasteiger partial charge is 0.148 e. The summed E-state index contributed by atoms with van der Waals surface area (Å²) in [7, 11) is -0.768. The van der Waals surface area contributed by atoms with Crippen LogP contribution in [-0.4, -0.2) is 29.4 Å². The lowest BCUT2D eigenvalue weighted by molar-refractivity contribution is 0.365. The van der Waals surface area contributed by atoms with E-state index in [1.54, 1.807) is 6.26 Å². The van der Waals surface area contributed by atoms with Gasteiger partial charge in [-0.2, -0.15) is 0 Å². The third kappa shape index (κ3) is 5.67. The Morgan fingerprint density at radius 2 is 2.33 bits per heavy atom. The van der Waals surface area contributed by atoms with Crippen LogP contribution in [0.5, 0.6) is 5.75 Å². The van der Waals surface area contributed by atoms with E-state index in [0.717, 1.165) is 15.8 Å². The van der Waals surface area contributed by atoms with Gasteiger partial charge >= 0.3 is 0 Å². The molecule has 5 heteroatoms. The Balaban J connectivity index is 2.58. The summed E-state index contributed by atoms with van der Waals surface area (Å²) in [5.41, 5.74) is 1.03. The van der Waals surface area contributed by atoms with Crippen LogP contribution in [0.25, 0.3) is 0 Å². The Bertz CT molecular complexity index is 457. The fraction of sp³-hybridized carbons (Fsp3) is 0.385. The molecule has 3 nitrogen and oxygen atoms in total. The van der Waals surface area contributed by atoms with E-state index in [2.05, 4.69) is 27.2 Å². The third-order valence-electron chi connectivity index (χ3n) is 2.22. The molecule has 98 valence electrons. The maximum Gasteiger partial charge on any atom is 0.148 e. The van der Waals surface area contributed by atoms with E-state index < -0.39 is 10.8 Å². The molecule has 1 aromatic rings. The molecule has 0 aromatic heterocycles. The van der Waals surface area contributed by atoms with Crippen molar-refractivity contribution in [3.8, 4) is 18.1 Å². The molecule has 1 unspecified atom stereocenters. The van der Waals surface area contributed by atoms with Crippen molar-refractivity contribution in [2.45, 2.75) is 6.54 Å². The average Bonchev–Trinajstić information content (AvgIpc) is 2.33. The zero-order valence-corrected chi connectivity index (χ0v) is 12.6. The highest BCUT2D eigenvalue weighted by molar-refractivity contribution is 9.10. The van der Waals surface area contributed by atoms with Crippen molar-refractivity contribution >= 4 is 26.7 Å². The molecule has 0 saturated carbocycles. The van der Waals surface area contributed by atoms with E-state index in [1.807, 2.05) is 18.2 Å². The van der Waals surface area contributed by atoms with Crippen LogP contribution < -0.4 is 10.1 Å². The fourth-order valence-electron chi connectivity index (χ4n) is 1.39. The molecule has 18 heavy (non-hydrogen) atoms. The van der Waals surface area contributed by atoms with Crippen LogP contribution in [0.1, 0.15) is 5.56 Å². The number of benzene rings is 1. The van der Waals surface area contributed by atoms with Gasteiger partial charge in [0, 0.05) is 45.9 Å². The molecule has 0 saturated heterocycles. The number of rotatable bonds is 7. The zero-order chi connectivity index (χ0) is 13.4. The molecule has 0 fully saturated rings. The quantitative estimate of drug-likeness (QED) is 0.613. The van der Waals surface area contributed by atoms with Crippen molar-refractivity contribution in [1.29, 1.82) is 0 Å². The first kappa shape index (κ1) is 15.2. The van der Waals surface area contributed by atoms with Crippen molar-refractivity contribution in [2.24, 2.45) is 0 Å². The average molecular weight is 330 g/mol. The first-order valence-electron chi connectivity index (χ1n) is 5.49. The van der Waals surface area contributed by atoms with Gasteiger partial charge in [0.2, 0.25) is 0 Å². The van der Waals surface area contributed by atoms with Crippen LogP contribution in [0.4, 0.5) is 0 Å². The summed E-state index contributed by atoms with van der Waals surface area (Å²) in [4.78, 5) is 0. The largest absolute Gasteiger partial charge is 0.481 e. The molecule has 0 aliphatic rings. The maximum absolute atomic E-state index is 10.9. The number of nitrogens with one attached hydrogen (secondary N) is 1. The second-order valence-electron chi connectivity index (χ2n) is 3.70. The SMILES string of the molecule is C#CCOc1ccc(Br)cc1CNCCS(C)=O. The predicted octanol–water partition coefficient (Wildman–Crippen LogP) is 1.93. The number of ether oxygens (including phenoxy) is 1. The second kappa shape index (κ2) is 8.30. The summed E-state index contributed by atoms with van der Waals surface area (Å²) in [6, 6.07) is 5.79. The summed E-state index contributed by atoms with van der Waals surface area (Å²) < 4.78 is 17.4. The molecule has 1 N–H and O–H groups in total. The molecule has 0 aliphatic heterocycles. The fourth-order valence-corrected chi connectivity index (χ4v) is 2.23. The lowest BCUT2D eigenvalue weighted by atomic mass is 10.2. The van der Waals surface area contributed by atoms with E-state index >= 15 is 0 Å². The first-order chi connectivity index (χ1) is 8.63. The normalized spacial score (nSPS) is 11.8. The number of hydrogen-bond acceptors (Lipinski definition) is 3. The summed E-state index contributed by atoms with van der Waals surface area (Å²) >= 11 is 3.42. The molecule has 1 aromatic carbocycles. The van der Waals surface area contributed by atoms with Gasteiger partial charge < -0.3 is 10.1 Å². The topological polar surface area (TPSA) is 38.3 Å². The molecule has 0 amide bonds. The molecule has 0 aliphatic carbocycles. The highest BCUT2D eigenvalue weighted by atomic mass is 79.9. The lowest BCUT2D eigenvalue weighted by Crippen LogP contribution is -2.20. The zero-order valence-electron chi connectivity index (χ0n) is 10.2. The summed E-state index contributed by atoms with van der Waals surface area (Å²) in [5.74, 6) is 3.87. The number of halogens is 1. The van der Waals surface area contributed by atoms with Crippen molar-refractivity contribution < 1.29 is 8.95 Å². The van der Waals surface area contributed by atoms with Gasteiger partial charge in [-0.05, 0) is 18.2 Å². The number of hydrogen-bond donors (Lipinski definition) is 1. The monoisotopic (exact) mass is 329 g/mol. The van der Waals surface area contributed by atoms with Gasteiger partial charge in [0.05, 0.1) is 0 Å². The Hall–Kier alpha value is -0.830. The van der Waals surface area contributed by atoms with Crippen LogP contribution in [0, 0.1) is 12.3 Å². The Morgan fingerprint density at radius 1 is 1.56 bits per heavy atom. The highest BCUT2D eigenvalue weighted by Crippen LogP contribution is 2.23.